The molecule has 0 aliphatic carbocycles. The summed E-state index contributed by atoms with van der Waals surface area (Å²) in [5, 5.41) is 5.50. The van der Waals surface area contributed by atoms with E-state index in [0.29, 0.717) is 10.8 Å². The molecule has 1 saturated heterocycles. The molecule has 1 fully saturated rings. The molecule has 0 atom stereocenters. The molecule has 0 radical (unpaired) electrons. The Bertz CT molecular complexity index is 888. The van der Waals surface area contributed by atoms with Crippen molar-refractivity contribution >= 4 is 17.4 Å². The summed E-state index contributed by atoms with van der Waals surface area (Å²) in [6.45, 7) is 4.05. The van der Waals surface area contributed by atoms with Crippen LogP contribution in [0.15, 0.2) is 54.6 Å². The molecule has 5 nitrogen and oxygen atoms in total. The smallest absolute Gasteiger partial charge is 0.135 e. The summed E-state index contributed by atoms with van der Waals surface area (Å²) in [6, 6.07) is 17.8. The number of aromatic nitrogens is 2. The van der Waals surface area contributed by atoms with Crippen LogP contribution in [0, 0.1) is 0 Å². The number of hydrogen-bond donors (Lipinski definition) is 1. The molecule has 2 heterocycles. The van der Waals surface area contributed by atoms with Gasteiger partial charge in [0.2, 0.25) is 0 Å². The van der Waals surface area contributed by atoms with E-state index in [1.54, 1.807) is 4.68 Å². The van der Waals surface area contributed by atoms with Crippen LogP contribution in [0.4, 0.5) is 5.82 Å². The maximum Gasteiger partial charge on any atom is 0.135 e. The molecule has 4 rings (SSSR count). The van der Waals surface area contributed by atoms with E-state index in [1.807, 2.05) is 42.5 Å². The zero-order valence-electron chi connectivity index (χ0n) is 14.4. The minimum Gasteiger partial charge on any atom is -0.383 e. The molecule has 6 heteroatoms. The van der Waals surface area contributed by atoms with Crippen LogP contribution in [0.25, 0.3) is 16.8 Å². The number of hydrogen-bond acceptors (Lipinski definition) is 4. The molecule has 0 saturated carbocycles. The lowest BCUT2D eigenvalue weighted by atomic mass is 10.0. The largest absolute Gasteiger partial charge is 0.383 e. The molecule has 1 aliphatic heterocycles. The maximum atomic E-state index is 6.54. The Labute approximate surface area is 157 Å². The van der Waals surface area contributed by atoms with E-state index >= 15 is 0 Å². The van der Waals surface area contributed by atoms with Crippen LogP contribution in [-0.4, -0.2) is 41.0 Å². The van der Waals surface area contributed by atoms with Crippen molar-refractivity contribution in [3.8, 4) is 16.8 Å². The number of ether oxygens (including phenoxy) is 1. The molecule has 134 valence electrons. The first-order chi connectivity index (χ1) is 12.7. The first kappa shape index (κ1) is 17.1. The van der Waals surface area contributed by atoms with Crippen LogP contribution in [0.5, 0.6) is 0 Å². The maximum absolute atomic E-state index is 6.54. The summed E-state index contributed by atoms with van der Waals surface area (Å²) in [6.07, 6.45) is 0. The lowest BCUT2D eigenvalue weighted by Crippen LogP contribution is -2.35. The number of halogens is 1. The van der Waals surface area contributed by atoms with Gasteiger partial charge in [-0.1, -0.05) is 48.0 Å². The van der Waals surface area contributed by atoms with Crippen LogP contribution >= 0.6 is 11.6 Å². The topological polar surface area (TPSA) is 56.3 Å². The molecule has 0 spiro atoms. The van der Waals surface area contributed by atoms with Crippen molar-refractivity contribution in [3.63, 3.8) is 0 Å². The Morgan fingerprint density at radius 3 is 2.54 bits per heavy atom. The Morgan fingerprint density at radius 1 is 1.04 bits per heavy atom. The van der Waals surface area contributed by atoms with Gasteiger partial charge in [-0.05, 0) is 23.8 Å². The van der Waals surface area contributed by atoms with Gasteiger partial charge in [0.25, 0.3) is 0 Å². The summed E-state index contributed by atoms with van der Waals surface area (Å²) < 4.78 is 7.24. The van der Waals surface area contributed by atoms with Crippen LogP contribution in [0.1, 0.15) is 5.69 Å². The van der Waals surface area contributed by atoms with Gasteiger partial charge in [0.1, 0.15) is 5.82 Å². The number of anilines is 1. The van der Waals surface area contributed by atoms with Crippen molar-refractivity contribution in [1.29, 1.82) is 0 Å². The average molecular weight is 369 g/mol. The van der Waals surface area contributed by atoms with E-state index in [1.165, 1.54) is 0 Å². The first-order valence-corrected chi connectivity index (χ1v) is 9.09. The predicted octanol–water partition coefficient (Wildman–Crippen LogP) is 3.61. The molecule has 2 aromatic carbocycles. The number of morpholine rings is 1. The summed E-state index contributed by atoms with van der Waals surface area (Å²) in [5.74, 6) is 0.627. The van der Waals surface area contributed by atoms with Crippen LogP contribution in [-0.2, 0) is 11.3 Å². The number of nitrogen functional groups attached to an aromatic ring is 1. The Hall–Kier alpha value is -2.34. The van der Waals surface area contributed by atoms with E-state index in [4.69, 9.17) is 27.2 Å². The van der Waals surface area contributed by atoms with Crippen LogP contribution < -0.4 is 5.73 Å². The molecular formula is C20H21ClN4O. The standard InChI is InChI=1S/C20H21ClN4O/c21-16-7-4-8-17(13-16)25-20(22)19(15-5-2-1-3-6-15)18(23-25)14-24-9-11-26-12-10-24/h1-8,13H,9-12,14,22H2. The van der Waals surface area contributed by atoms with Gasteiger partial charge in [-0.2, -0.15) is 5.10 Å². The minimum absolute atomic E-state index is 0.627. The van der Waals surface area contributed by atoms with Gasteiger partial charge < -0.3 is 10.5 Å². The molecule has 2 N–H and O–H groups in total. The first-order valence-electron chi connectivity index (χ1n) is 8.71. The predicted molar refractivity (Wildman–Crippen MR) is 105 cm³/mol. The highest BCUT2D eigenvalue weighted by Crippen LogP contribution is 2.32. The van der Waals surface area contributed by atoms with E-state index in [2.05, 4.69) is 17.0 Å². The number of rotatable bonds is 4. The fourth-order valence-corrected chi connectivity index (χ4v) is 3.47. The summed E-state index contributed by atoms with van der Waals surface area (Å²) >= 11 is 6.16. The van der Waals surface area contributed by atoms with Gasteiger partial charge >= 0.3 is 0 Å². The lowest BCUT2D eigenvalue weighted by molar-refractivity contribution is 0.0337. The highest BCUT2D eigenvalue weighted by Gasteiger charge is 2.21. The van der Waals surface area contributed by atoms with Crippen molar-refractivity contribution in [2.45, 2.75) is 6.54 Å². The quantitative estimate of drug-likeness (QED) is 0.764. The average Bonchev–Trinajstić information content (AvgIpc) is 2.99. The summed E-state index contributed by atoms with van der Waals surface area (Å²) in [7, 11) is 0. The molecule has 0 unspecified atom stereocenters. The highest BCUT2D eigenvalue weighted by molar-refractivity contribution is 6.30. The van der Waals surface area contributed by atoms with E-state index in [0.717, 1.165) is 55.4 Å². The second-order valence-corrected chi connectivity index (χ2v) is 6.79. The van der Waals surface area contributed by atoms with Crippen molar-refractivity contribution in [2.75, 3.05) is 32.0 Å². The zero-order chi connectivity index (χ0) is 17.9. The minimum atomic E-state index is 0.627. The molecule has 1 aliphatic rings. The van der Waals surface area contributed by atoms with Crippen molar-refractivity contribution in [1.82, 2.24) is 14.7 Å². The molecule has 0 bridgehead atoms. The third kappa shape index (κ3) is 3.46. The number of nitrogens with zero attached hydrogens (tertiary/aromatic N) is 3. The third-order valence-electron chi connectivity index (χ3n) is 4.59. The highest BCUT2D eigenvalue weighted by atomic mass is 35.5. The van der Waals surface area contributed by atoms with E-state index < -0.39 is 0 Å². The summed E-state index contributed by atoms with van der Waals surface area (Å²) in [5.41, 5.74) is 10.4. The molecule has 3 aromatic rings. The molecular weight excluding hydrogens is 348 g/mol. The Kier molecular flexibility index (Phi) is 4.93. The number of benzene rings is 2. The van der Waals surface area contributed by atoms with Crippen molar-refractivity contribution in [3.05, 3.63) is 65.3 Å². The van der Waals surface area contributed by atoms with Crippen molar-refractivity contribution < 1.29 is 4.74 Å². The second-order valence-electron chi connectivity index (χ2n) is 6.35. The van der Waals surface area contributed by atoms with Crippen LogP contribution in [0.3, 0.4) is 0 Å². The van der Waals surface area contributed by atoms with Gasteiger partial charge in [0, 0.05) is 30.2 Å². The lowest BCUT2D eigenvalue weighted by Gasteiger charge is -2.26. The molecule has 26 heavy (non-hydrogen) atoms. The fourth-order valence-electron chi connectivity index (χ4n) is 3.28. The van der Waals surface area contributed by atoms with Crippen molar-refractivity contribution in [2.24, 2.45) is 0 Å². The Morgan fingerprint density at radius 2 is 1.81 bits per heavy atom. The van der Waals surface area contributed by atoms with Crippen LogP contribution in [0.2, 0.25) is 5.02 Å². The van der Waals surface area contributed by atoms with Gasteiger partial charge in [0.05, 0.1) is 24.6 Å². The van der Waals surface area contributed by atoms with E-state index in [-0.39, 0.29) is 0 Å². The van der Waals surface area contributed by atoms with Gasteiger partial charge in [0.15, 0.2) is 0 Å². The van der Waals surface area contributed by atoms with Gasteiger partial charge in [-0.25, -0.2) is 4.68 Å². The van der Waals surface area contributed by atoms with E-state index in [9.17, 15) is 0 Å². The second kappa shape index (κ2) is 7.50. The molecule has 1 aromatic heterocycles. The summed E-state index contributed by atoms with van der Waals surface area (Å²) in [4.78, 5) is 2.35. The Balaban J connectivity index is 1.79. The molecule has 0 amide bonds. The zero-order valence-corrected chi connectivity index (χ0v) is 15.2. The third-order valence-corrected chi connectivity index (χ3v) is 4.82. The monoisotopic (exact) mass is 368 g/mol. The fraction of sp³-hybridized carbons (Fsp3) is 0.250. The SMILES string of the molecule is Nc1c(-c2ccccc2)c(CN2CCOCC2)nn1-c1cccc(Cl)c1. The van der Waals surface area contributed by atoms with Gasteiger partial charge in [-0.3, -0.25) is 4.90 Å². The van der Waals surface area contributed by atoms with Gasteiger partial charge in [-0.15, -0.1) is 0 Å². The normalized spacial score (nSPS) is 15.3. The number of nitrogens with two attached hydrogens (primary N) is 1.